The summed E-state index contributed by atoms with van der Waals surface area (Å²) in [5, 5.41) is 2.94. The lowest BCUT2D eigenvalue weighted by molar-refractivity contribution is -0.122. The minimum Gasteiger partial charge on any atom is -0.492 e. The number of benzene rings is 1. The largest absolute Gasteiger partial charge is 0.492 e. The average molecular weight is 343 g/mol. The number of nitrogens with two attached hydrogens (primary N) is 1. The molecule has 5 heteroatoms. The van der Waals surface area contributed by atoms with Gasteiger partial charge < -0.3 is 15.8 Å². The molecule has 112 valence electrons. The molecule has 20 heavy (non-hydrogen) atoms. The van der Waals surface area contributed by atoms with Crippen LogP contribution in [0.15, 0.2) is 28.7 Å². The SMILES string of the molecule is CC(C)CC(CN)NC(=O)CCOc1ccccc1Br. The van der Waals surface area contributed by atoms with Gasteiger partial charge >= 0.3 is 0 Å². The van der Waals surface area contributed by atoms with Crippen molar-refractivity contribution in [2.75, 3.05) is 13.2 Å². The Morgan fingerprint density at radius 2 is 2.10 bits per heavy atom. The number of carbonyl (C=O) groups excluding carboxylic acids is 1. The van der Waals surface area contributed by atoms with Crippen LogP contribution in [0, 0.1) is 5.92 Å². The van der Waals surface area contributed by atoms with Crippen molar-refractivity contribution in [2.45, 2.75) is 32.7 Å². The summed E-state index contributed by atoms with van der Waals surface area (Å²) in [4.78, 5) is 11.8. The van der Waals surface area contributed by atoms with Crippen LogP contribution in [0.5, 0.6) is 5.75 Å². The first kappa shape index (κ1) is 17.0. The fourth-order valence-corrected chi connectivity index (χ4v) is 2.30. The zero-order valence-corrected chi connectivity index (χ0v) is 13.7. The fraction of sp³-hybridized carbons (Fsp3) is 0.533. The minimum absolute atomic E-state index is 0.0202. The van der Waals surface area contributed by atoms with Crippen molar-refractivity contribution < 1.29 is 9.53 Å². The highest BCUT2D eigenvalue weighted by molar-refractivity contribution is 9.10. The maximum atomic E-state index is 11.8. The predicted molar refractivity (Wildman–Crippen MR) is 84.7 cm³/mol. The molecule has 0 heterocycles. The Balaban J connectivity index is 2.31. The van der Waals surface area contributed by atoms with Crippen molar-refractivity contribution in [1.29, 1.82) is 0 Å². The van der Waals surface area contributed by atoms with Crippen molar-refractivity contribution in [3.8, 4) is 5.75 Å². The van der Waals surface area contributed by atoms with Gasteiger partial charge in [0.05, 0.1) is 17.5 Å². The summed E-state index contributed by atoms with van der Waals surface area (Å²) in [5.41, 5.74) is 5.66. The molecule has 1 aromatic rings. The number of para-hydroxylation sites is 1. The van der Waals surface area contributed by atoms with Gasteiger partial charge in [0.15, 0.2) is 0 Å². The molecular formula is C15H23BrN2O2. The summed E-state index contributed by atoms with van der Waals surface area (Å²) in [6.07, 6.45) is 1.23. The van der Waals surface area contributed by atoms with Gasteiger partial charge in [-0.2, -0.15) is 0 Å². The van der Waals surface area contributed by atoms with E-state index in [0.717, 1.165) is 16.6 Å². The van der Waals surface area contributed by atoms with Crippen LogP contribution < -0.4 is 15.8 Å². The van der Waals surface area contributed by atoms with Crippen LogP contribution in [0.1, 0.15) is 26.7 Å². The van der Waals surface area contributed by atoms with E-state index >= 15 is 0 Å². The Morgan fingerprint density at radius 1 is 1.40 bits per heavy atom. The quantitative estimate of drug-likeness (QED) is 0.763. The molecule has 1 rings (SSSR count). The highest BCUT2D eigenvalue weighted by Gasteiger charge is 2.12. The second kappa shape index (κ2) is 8.97. The van der Waals surface area contributed by atoms with Crippen LogP contribution in [0.4, 0.5) is 0 Å². The van der Waals surface area contributed by atoms with E-state index in [1.165, 1.54) is 0 Å². The molecular weight excluding hydrogens is 320 g/mol. The molecule has 0 aliphatic heterocycles. The minimum atomic E-state index is -0.0202. The molecule has 0 fully saturated rings. The molecule has 1 atom stereocenters. The lowest BCUT2D eigenvalue weighted by Crippen LogP contribution is -2.41. The second-order valence-corrected chi connectivity index (χ2v) is 6.01. The molecule has 0 radical (unpaired) electrons. The van der Waals surface area contributed by atoms with E-state index in [1.54, 1.807) is 0 Å². The third-order valence-electron chi connectivity index (χ3n) is 2.83. The molecule has 0 aliphatic carbocycles. The number of nitrogens with one attached hydrogen (secondary N) is 1. The summed E-state index contributed by atoms with van der Waals surface area (Å²) >= 11 is 3.40. The third-order valence-corrected chi connectivity index (χ3v) is 3.48. The van der Waals surface area contributed by atoms with E-state index in [1.807, 2.05) is 24.3 Å². The van der Waals surface area contributed by atoms with Gasteiger partial charge in [-0.1, -0.05) is 26.0 Å². The van der Waals surface area contributed by atoms with Crippen molar-refractivity contribution in [1.82, 2.24) is 5.32 Å². The van der Waals surface area contributed by atoms with Crippen molar-refractivity contribution in [3.05, 3.63) is 28.7 Å². The van der Waals surface area contributed by atoms with Crippen LogP contribution in [-0.2, 0) is 4.79 Å². The average Bonchev–Trinajstić information content (AvgIpc) is 2.39. The number of halogens is 1. The topological polar surface area (TPSA) is 64.3 Å². The van der Waals surface area contributed by atoms with Crippen LogP contribution in [0.2, 0.25) is 0 Å². The Bertz CT molecular complexity index is 424. The lowest BCUT2D eigenvalue weighted by atomic mass is 10.0. The number of hydrogen-bond acceptors (Lipinski definition) is 3. The zero-order valence-electron chi connectivity index (χ0n) is 12.1. The van der Waals surface area contributed by atoms with Gasteiger partial charge in [-0.3, -0.25) is 4.79 Å². The summed E-state index contributed by atoms with van der Waals surface area (Å²) in [6.45, 7) is 5.05. The summed E-state index contributed by atoms with van der Waals surface area (Å²) in [5.74, 6) is 1.24. The van der Waals surface area contributed by atoms with E-state index in [0.29, 0.717) is 25.5 Å². The molecule has 1 unspecified atom stereocenters. The second-order valence-electron chi connectivity index (χ2n) is 5.16. The summed E-state index contributed by atoms with van der Waals surface area (Å²) in [6, 6.07) is 7.63. The van der Waals surface area contributed by atoms with Crippen LogP contribution >= 0.6 is 15.9 Å². The maximum Gasteiger partial charge on any atom is 0.223 e. The van der Waals surface area contributed by atoms with Crippen LogP contribution in [-0.4, -0.2) is 25.1 Å². The van der Waals surface area contributed by atoms with Gasteiger partial charge in [0.2, 0.25) is 5.91 Å². The first-order valence-electron chi connectivity index (χ1n) is 6.89. The summed E-state index contributed by atoms with van der Waals surface area (Å²) in [7, 11) is 0. The van der Waals surface area contributed by atoms with Crippen molar-refractivity contribution >= 4 is 21.8 Å². The van der Waals surface area contributed by atoms with Gasteiger partial charge in [-0.15, -0.1) is 0 Å². The number of amides is 1. The Kier molecular flexibility index (Phi) is 7.62. The third kappa shape index (κ3) is 6.39. The molecule has 1 amide bonds. The lowest BCUT2D eigenvalue weighted by Gasteiger charge is -2.18. The highest BCUT2D eigenvalue weighted by Crippen LogP contribution is 2.23. The van der Waals surface area contributed by atoms with Gasteiger partial charge in [-0.05, 0) is 40.4 Å². The van der Waals surface area contributed by atoms with Gasteiger partial charge in [-0.25, -0.2) is 0 Å². The first-order valence-corrected chi connectivity index (χ1v) is 7.69. The Morgan fingerprint density at radius 3 is 2.70 bits per heavy atom. The van der Waals surface area contributed by atoms with Crippen LogP contribution in [0.25, 0.3) is 0 Å². The number of rotatable bonds is 8. The van der Waals surface area contributed by atoms with Gasteiger partial charge in [0.1, 0.15) is 5.75 Å². The standard InChI is InChI=1S/C15H23BrN2O2/c1-11(2)9-12(10-17)18-15(19)7-8-20-14-6-4-3-5-13(14)16/h3-6,11-12H,7-10,17H2,1-2H3,(H,18,19). The molecule has 0 aromatic heterocycles. The molecule has 0 spiro atoms. The highest BCUT2D eigenvalue weighted by atomic mass is 79.9. The smallest absolute Gasteiger partial charge is 0.223 e. The van der Waals surface area contributed by atoms with E-state index < -0.39 is 0 Å². The van der Waals surface area contributed by atoms with E-state index in [4.69, 9.17) is 10.5 Å². The molecule has 0 aliphatic rings. The molecule has 4 nitrogen and oxygen atoms in total. The summed E-state index contributed by atoms with van der Waals surface area (Å²) < 4.78 is 6.45. The Labute approximate surface area is 129 Å². The molecule has 1 aromatic carbocycles. The van der Waals surface area contributed by atoms with Crippen molar-refractivity contribution in [2.24, 2.45) is 11.7 Å². The molecule has 0 bridgehead atoms. The van der Waals surface area contributed by atoms with Crippen molar-refractivity contribution in [3.63, 3.8) is 0 Å². The number of hydrogen-bond donors (Lipinski definition) is 2. The van der Waals surface area contributed by atoms with E-state index in [2.05, 4.69) is 35.1 Å². The number of carbonyl (C=O) groups is 1. The van der Waals surface area contributed by atoms with Gasteiger partial charge in [0.25, 0.3) is 0 Å². The zero-order chi connectivity index (χ0) is 15.0. The fourth-order valence-electron chi connectivity index (χ4n) is 1.90. The first-order chi connectivity index (χ1) is 9.52. The molecule has 3 N–H and O–H groups in total. The van der Waals surface area contributed by atoms with Crippen LogP contribution in [0.3, 0.4) is 0 Å². The maximum absolute atomic E-state index is 11.8. The van der Waals surface area contributed by atoms with E-state index in [-0.39, 0.29) is 11.9 Å². The number of ether oxygens (including phenoxy) is 1. The predicted octanol–water partition coefficient (Wildman–Crippen LogP) is 2.71. The Hall–Kier alpha value is -1.07. The normalized spacial score (nSPS) is 12.2. The van der Waals surface area contributed by atoms with Gasteiger partial charge in [0, 0.05) is 12.6 Å². The molecule has 0 saturated carbocycles. The molecule has 0 saturated heterocycles. The monoisotopic (exact) mass is 342 g/mol. The van der Waals surface area contributed by atoms with E-state index in [9.17, 15) is 4.79 Å².